The Kier molecular flexibility index (Phi) is 6.39. The van der Waals surface area contributed by atoms with Crippen molar-refractivity contribution in [1.29, 1.82) is 0 Å². The molecular formula is C19H24N2O4S. The first-order valence-corrected chi connectivity index (χ1v) is 9.84. The van der Waals surface area contributed by atoms with Gasteiger partial charge in [-0.05, 0) is 55.7 Å². The molecule has 2 aromatic carbocycles. The van der Waals surface area contributed by atoms with Gasteiger partial charge in [-0.15, -0.1) is 0 Å². The molecule has 0 bridgehead atoms. The zero-order valence-electron chi connectivity index (χ0n) is 15.2. The lowest BCUT2D eigenvalue weighted by Gasteiger charge is -2.15. The van der Waals surface area contributed by atoms with E-state index in [-0.39, 0.29) is 29.9 Å². The quantitative estimate of drug-likeness (QED) is 0.776. The number of amides is 1. The van der Waals surface area contributed by atoms with Crippen LogP contribution in [0.25, 0.3) is 0 Å². The van der Waals surface area contributed by atoms with Crippen molar-refractivity contribution in [3.8, 4) is 5.75 Å². The number of ether oxygens (including phenoxy) is 1. The van der Waals surface area contributed by atoms with E-state index in [9.17, 15) is 13.2 Å². The minimum absolute atomic E-state index is 0.0432. The van der Waals surface area contributed by atoms with E-state index in [0.717, 1.165) is 22.4 Å². The van der Waals surface area contributed by atoms with Crippen molar-refractivity contribution in [2.75, 3.05) is 6.61 Å². The van der Waals surface area contributed by atoms with Crippen LogP contribution in [0.15, 0.2) is 47.4 Å². The Balaban J connectivity index is 1.86. The Morgan fingerprint density at radius 2 is 1.81 bits per heavy atom. The van der Waals surface area contributed by atoms with Crippen molar-refractivity contribution in [1.82, 2.24) is 5.32 Å². The summed E-state index contributed by atoms with van der Waals surface area (Å²) in [5, 5.41) is 7.94. The van der Waals surface area contributed by atoms with E-state index in [2.05, 4.69) is 5.32 Å². The summed E-state index contributed by atoms with van der Waals surface area (Å²) < 4.78 is 28.2. The molecule has 1 atom stereocenters. The first-order chi connectivity index (χ1) is 12.2. The number of sulfonamides is 1. The first kappa shape index (κ1) is 19.9. The Labute approximate surface area is 154 Å². The fourth-order valence-corrected chi connectivity index (χ4v) is 2.99. The lowest BCUT2D eigenvalue weighted by atomic mass is 10.1. The van der Waals surface area contributed by atoms with Crippen LogP contribution in [0.1, 0.15) is 36.1 Å². The summed E-state index contributed by atoms with van der Waals surface area (Å²) in [6, 6.07) is 11.7. The van der Waals surface area contributed by atoms with Gasteiger partial charge in [-0.25, -0.2) is 13.6 Å². The van der Waals surface area contributed by atoms with Crippen LogP contribution in [0, 0.1) is 13.8 Å². The summed E-state index contributed by atoms with van der Waals surface area (Å²) in [5.74, 6) is 0.641. The van der Waals surface area contributed by atoms with E-state index in [1.54, 1.807) is 12.1 Å². The van der Waals surface area contributed by atoms with Gasteiger partial charge in [-0.1, -0.05) is 24.3 Å². The number of rotatable bonds is 7. The molecule has 0 heterocycles. The molecular weight excluding hydrogens is 352 g/mol. The van der Waals surface area contributed by atoms with Crippen LogP contribution in [0.2, 0.25) is 0 Å². The third-order valence-electron chi connectivity index (χ3n) is 4.23. The zero-order chi connectivity index (χ0) is 19.3. The lowest BCUT2D eigenvalue weighted by Crippen LogP contribution is -2.28. The Morgan fingerprint density at radius 1 is 1.15 bits per heavy atom. The van der Waals surface area contributed by atoms with Gasteiger partial charge in [0.05, 0.1) is 24.0 Å². The first-order valence-electron chi connectivity index (χ1n) is 8.29. The molecule has 2 rings (SSSR count). The van der Waals surface area contributed by atoms with E-state index in [0.29, 0.717) is 0 Å². The SMILES string of the molecule is Cc1cccc(OCCC(=O)NC(C)c2ccc(S(N)(=O)=O)cc2)c1C. The number of carbonyl (C=O) groups excluding carboxylic acids is 1. The average Bonchev–Trinajstić information content (AvgIpc) is 2.58. The lowest BCUT2D eigenvalue weighted by molar-refractivity contribution is -0.122. The van der Waals surface area contributed by atoms with Crippen molar-refractivity contribution in [3.05, 3.63) is 59.2 Å². The van der Waals surface area contributed by atoms with Crippen LogP contribution in [0.3, 0.4) is 0 Å². The maximum absolute atomic E-state index is 12.1. The molecule has 1 amide bonds. The number of nitrogens with two attached hydrogens (primary N) is 1. The predicted molar refractivity (Wildman–Crippen MR) is 100 cm³/mol. The third kappa shape index (κ3) is 5.31. The van der Waals surface area contributed by atoms with Crippen LogP contribution in [-0.4, -0.2) is 20.9 Å². The van der Waals surface area contributed by atoms with Gasteiger partial charge >= 0.3 is 0 Å². The summed E-state index contributed by atoms with van der Waals surface area (Å²) in [7, 11) is -3.72. The Hall–Kier alpha value is -2.38. The summed E-state index contributed by atoms with van der Waals surface area (Å²) in [6.07, 6.45) is 0.229. The highest BCUT2D eigenvalue weighted by Gasteiger charge is 2.12. The molecule has 0 saturated carbocycles. The fraction of sp³-hybridized carbons (Fsp3) is 0.316. The molecule has 0 aliphatic heterocycles. The van der Waals surface area contributed by atoms with E-state index < -0.39 is 10.0 Å². The maximum Gasteiger partial charge on any atom is 0.238 e. The largest absolute Gasteiger partial charge is 0.493 e. The normalized spacial score (nSPS) is 12.5. The third-order valence-corrected chi connectivity index (χ3v) is 5.16. The highest BCUT2D eigenvalue weighted by atomic mass is 32.2. The Morgan fingerprint density at radius 3 is 2.42 bits per heavy atom. The topological polar surface area (TPSA) is 98.5 Å². The summed E-state index contributed by atoms with van der Waals surface area (Å²) >= 11 is 0. The van der Waals surface area contributed by atoms with E-state index in [4.69, 9.17) is 9.88 Å². The van der Waals surface area contributed by atoms with E-state index >= 15 is 0 Å². The van der Waals surface area contributed by atoms with E-state index in [1.165, 1.54) is 12.1 Å². The number of nitrogens with one attached hydrogen (secondary N) is 1. The molecule has 0 aromatic heterocycles. The number of carbonyl (C=O) groups is 1. The second kappa shape index (κ2) is 8.33. The molecule has 0 aliphatic carbocycles. The van der Waals surface area contributed by atoms with Crippen LogP contribution in [0.5, 0.6) is 5.75 Å². The van der Waals surface area contributed by atoms with Gasteiger partial charge < -0.3 is 10.1 Å². The summed E-state index contributed by atoms with van der Waals surface area (Å²) in [5.41, 5.74) is 3.00. The second-order valence-electron chi connectivity index (χ2n) is 6.20. The van der Waals surface area contributed by atoms with Gasteiger partial charge in [0, 0.05) is 0 Å². The molecule has 0 fully saturated rings. The minimum atomic E-state index is -3.72. The number of benzene rings is 2. The zero-order valence-corrected chi connectivity index (χ0v) is 16.0. The number of aryl methyl sites for hydroxylation is 1. The Bertz CT molecular complexity index is 877. The fourth-order valence-electron chi connectivity index (χ4n) is 2.48. The van der Waals surface area contributed by atoms with Crippen molar-refractivity contribution >= 4 is 15.9 Å². The van der Waals surface area contributed by atoms with Crippen LogP contribution in [-0.2, 0) is 14.8 Å². The predicted octanol–water partition coefficient (Wildman–Crippen LogP) is 2.60. The van der Waals surface area contributed by atoms with Gasteiger partial charge in [0.1, 0.15) is 5.75 Å². The monoisotopic (exact) mass is 376 g/mol. The standard InChI is InChI=1S/C19H24N2O4S/c1-13-5-4-6-18(14(13)2)25-12-11-19(22)21-15(3)16-7-9-17(10-8-16)26(20,23)24/h4-10,15H,11-12H2,1-3H3,(H,21,22)(H2,20,23,24). The molecule has 1 unspecified atom stereocenters. The highest BCUT2D eigenvalue weighted by molar-refractivity contribution is 7.89. The molecule has 3 N–H and O–H groups in total. The van der Waals surface area contributed by atoms with Crippen molar-refractivity contribution < 1.29 is 17.9 Å². The summed E-state index contributed by atoms with van der Waals surface area (Å²) in [6.45, 7) is 6.11. The smallest absolute Gasteiger partial charge is 0.238 e. The number of hydrogen-bond acceptors (Lipinski definition) is 4. The molecule has 7 heteroatoms. The van der Waals surface area contributed by atoms with Gasteiger partial charge in [0.2, 0.25) is 15.9 Å². The van der Waals surface area contributed by atoms with Crippen LogP contribution in [0.4, 0.5) is 0 Å². The van der Waals surface area contributed by atoms with E-state index in [1.807, 2.05) is 39.0 Å². The molecule has 0 saturated heterocycles. The van der Waals surface area contributed by atoms with Crippen molar-refractivity contribution in [2.45, 2.75) is 38.1 Å². The molecule has 2 aromatic rings. The van der Waals surface area contributed by atoms with Crippen molar-refractivity contribution in [2.24, 2.45) is 5.14 Å². The van der Waals surface area contributed by atoms with Gasteiger partial charge in [-0.2, -0.15) is 0 Å². The molecule has 0 radical (unpaired) electrons. The van der Waals surface area contributed by atoms with Gasteiger partial charge in [-0.3, -0.25) is 4.79 Å². The average molecular weight is 376 g/mol. The number of primary sulfonamides is 1. The van der Waals surface area contributed by atoms with Gasteiger partial charge in [0.15, 0.2) is 0 Å². The molecule has 0 aliphatic rings. The van der Waals surface area contributed by atoms with Crippen LogP contribution < -0.4 is 15.2 Å². The molecule has 26 heavy (non-hydrogen) atoms. The van der Waals surface area contributed by atoms with Crippen molar-refractivity contribution in [3.63, 3.8) is 0 Å². The molecule has 0 spiro atoms. The maximum atomic E-state index is 12.1. The molecule has 6 nitrogen and oxygen atoms in total. The summed E-state index contributed by atoms with van der Waals surface area (Å²) in [4.78, 5) is 12.1. The minimum Gasteiger partial charge on any atom is -0.493 e. The second-order valence-corrected chi connectivity index (χ2v) is 7.76. The molecule has 140 valence electrons. The number of hydrogen-bond donors (Lipinski definition) is 2. The highest BCUT2D eigenvalue weighted by Crippen LogP contribution is 2.20. The van der Waals surface area contributed by atoms with Crippen LogP contribution >= 0.6 is 0 Å². The van der Waals surface area contributed by atoms with Gasteiger partial charge in [0.25, 0.3) is 0 Å².